The quantitative estimate of drug-likeness (QED) is 0.377. The van der Waals surface area contributed by atoms with E-state index in [0.29, 0.717) is 18.9 Å². The molecule has 0 atom stereocenters. The largest absolute Gasteiger partial charge is 0.493 e. The molecule has 0 fully saturated rings. The number of amides is 1. The molecular weight excluding hydrogens is 420 g/mol. The molecule has 1 heterocycles. The smallest absolute Gasteiger partial charge is 0.251 e. The molecule has 3 aromatic rings. The van der Waals surface area contributed by atoms with Gasteiger partial charge in [-0.25, -0.2) is 0 Å². The Morgan fingerprint density at radius 2 is 1.71 bits per heavy atom. The summed E-state index contributed by atoms with van der Waals surface area (Å²) in [5.74, 6) is 1.43. The van der Waals surface area contributed by atoms with E-state index in [-0.39, 0.29) is 5.91 Å². The zero-order chi connectivity index (χ0) is 23.9. The van der Waals surface area contributed by atoms with Crippen LogP contribution in [-0.2, 0) is 11.3 Å². The van der Waals surface area contributed by atoms with Gasteiger partial charge < -0.3 is 15.4 Å². The fraction of sp³-hybridized carbons (Fsp3) is 0.300. The molecule has 2 N–H and O–H groups in total. The number of aryl methyl sites for hydroxylation is 1. The first kappa shape index (κ1) is 23.8. The number of rotatable bonds is 8. The maximum atomic E-state index is 13.0. The fourth-order valence-corrected chi connectivity index (χ4v) is 3.97. The molecule has 1 aliphatic heterocycles. The van der Waals surface area contributed by atoms with Crippen molar-refractivity contribution >= 4 is 17.7 Å². The molecule has 0 bridgehead atoms. The summed E-state index contributed by atoms with van der Waals surface area (Å²) >= 11 is 0. The number of ether oxygens (including phenoxy) is 1. The second-order valence-corrected chi connectivity index (χ2v) is 9.40. The number of nitrogens with one attached hydrogen (secondary N) is 2. The first-order chi connectivity index (χ1) is 16.5. The van der Waals surface area contributed by atoms with E-state index in [1.165, 1.54) is 17.5 Å². The molecule has 0 radical (unpaired) electrons. The molecule has 0 aliphatic carbocycles. The Hall–Kier alpha value is -3.37. The predicted octanol–water partition coefficient (Wildman–Crippen LogP) is 6.60. The van der Waals surface area contributed by atoms with Gasteiger partial charge in [0.15, 0.2) is 0 Å². The molecule has 4 heteroatoms. The Balaban J connectivity index is 1.43. The Kier molecular flexibility index (Phi) is 7.81. The molecule has 34 heavy (non-hydrogen) atoms. The van der Waals surface area contributed by atoms with E-state index in [9.17, 15) is 4.79 Å². The molecule has 1 amide bonds. The van der Waals surface area contributed by atoms with Gasteiger partial charge in [0.1, 0.15) is 5.75 Å². The van der Waals surface area contributed by atoms with Gasteiger partial charge in [-0.05, 0) is 72.8 Å². The zero-order valence-electron chi connectivity index (χ0n) is 20.4. The van der Waals surface area contributed by atoms with Crippen LogP contribution >= 0.6 is 0 Å². The molecule has 3 aromatic carbocycles. The fourth-order valence-electron chi connectivity index (χ4n) is 3.97. The first-order valence-electron chi connectivity index (χ1n) is 12.1. The van der Waals surface area contributed by atoms with Crippen molar-refractivity contribution in [2.45, 2.75) is 40.2 Å². The summed E-state index contributed by atoms with van der Waals surface area (Å²) in [6.45, 7) is 8.88. The highest BCUT2D eigenvalue weighted by Crippen LogP contribution is 2.31. The third-order valence-corrected chi connectivity index (χ3v) is 6.08. The van der Waals surface area contributed by atoms with Crippen LogP contribution in [0.15, 0.2) is 72.3 Å². The average Bonchev–Trinajstić information content (AvgIpc) is 3.05. The number of benzene rings is 3. The lowest BCUT2D eigenvalue weighted by atomic mass is 10.00. The second kappa shape index (κ2) is 11.2. The van der Waals surface area contributed by atoms with Gasteiger partial charge in [-0.2, -0.15) is 0 Å². The summed E-state index contributed by atoms with van der Waals surface area (Å²) in [5, 5.41) is 6.52. The van der Waals surface area contributed by atoms with Crippen LogP contribution in [0.3, 0.4) is 0 Å². The van der Waals surface area contributed by atoms with E-state index < -0.39 is 0 Å². The molecule has 176 valence electrons. The van der Waals surface area contributed by atoms with E-state index in [0.717, 1.165) is 46.8 Å². The predicted molar refractivity (Wildman–Crippen MR) is 141 cm³/mol. The van der Waals surface area contributed by atoms with Crippen molar-refractivity contribution in [1.29, 1.82) is 0 Å². The number of hydrogen-bond acceptors (Lipinski definition) is 3. The van der Waals surface area contributed by atoms with Crippen molar-refractivity contribution < 1.29 is 9.53 Å². The van der Waals surface area contributed by atoms with Gasteiger partial charge in [0.2, 0.25) is 0 Å². The van der Waals surface area contributed by atoms with Crippen LogP contribution in [0.4, 0.5) is 5.69 Å². The lowest BCUT2D eigenvalue weighted by Crippen LogP contribution is -2.17. The Bertz CT molecular complexity index is 1150. The van der Waals surface area contributed by atoms with Gasteiger partial charge in [0.05, 0.1) is 6.61 Å². The molecular formula is C30H34N2O2. The highest BCUT2D eigenvalue weighted by molar-refractivity contribution is 6.07. The minimum absolute atomic E-state index is 0.0833. The van der Waals surface area contributed by atoms with Crippen molar-refractivity contribution in [3.8, 4) is 16.9 Å². The molecule has 1 aliphatic rings. The van der Waals surface area contributed by atoms with Crippen LogP contribution < -0.4 is 15.4 Å². The van der Waals surface area contributed by atoms with E-state index >= 15 is 0 Å². The molecule has 0 spiro atoms. The maximum Gasteiger partial charge on any atom is 0.251 e. The third-order valence-electron chi connectivity index (χ3n) is 6.08. The average molecular weight is 455 g/mol. The third kappa shape index (κ3) is 6.36. The van der Waals surface area contributed by atoms with Crippen molar-refractivity contribution in [3.05, 3.63) is 89.0 Å². The summed E-state index contributed by atoms with van der Waals surface area (Å²) in [4.78, 5) is 13.0. The summed E-state index contributed by atoms with van der Waals surface area (Å²) in [7, 11) is 0. The van der Waals surface area contributed by atoms with Crippen LogP contribution in [-0.4, -0.2) is 19.1 Å². The van der Waals surface area contributed by atoms with Crippen LogP contribution in [0.25, 0.3) is 17.2 Å². The van der Waals surface area contributed by atoms with Gasteiger partial charge in [-0.3, -0.25) is 4.79 Å². The van der Waals surface area contributed by atoms with Crippen molar-refractivity contribution in [1.82, 2.24) is 5.32 Å². The summed E-state index contributed by atoms with van der Waals surface area (Å²) < 4.78 is 5.93. The Labute approximate surface area is 203 Å². The number of anilines is 1. The molecule has 4 nitrogen and oxygen atoms in total. The number of fused-ring (bicyclic) bond motifs is 1. The Morgan fingerprint density at radius 1 is 0.971 bits per heavy atom. The van der Waals surface area contributed by atoms with Crippen LogP contribution in [0, 0.1) is 12.8 Å². The van der Waals surface area contributed by atoms with Gasteiger partial charge in [0, 0.05) is 29.8 Å². The minimum Gasteiger partial charge on any atom is -0.493 e. The van der Waals surface area contributed by atoms with Crippen molar-refractivity contribution in [2.75, 3.05) is 18.5 Å². The van der Waals surface area contributed by atoms with E-state index in [2.05, 4.69) is 79.9 Å². The number of carbonyl (C=O) groups excluding carboxylic acids is 1. The second-order valence-electron chi connectivity index (χ2n) is 9.40. The maximum absolute atomic E-state index is 13.0. The monoisotopic (exact) mass is 454 g/mol. The summed E-state index contributed by atoms with van der Waals surface area (Å²) in [6, 6.07) is 22.7. The first-order valence-corrected chi connectivity index (χ1v) is 12.1. The van der Waals surface area contributed by atoms with Crippen molar-refractivity contribution in [3.63, 3.8) is 0 Å². The Morgan fingerprint density at radius 3 is 2.44 bits per heavy atom. The zero-order valence-corrected chi connectivity index (χ0v) is 20.4. The molecule has 0 aromatic heterocycles. The normalized spacial score (nSPS) is 13.0. The van der Waals surface area contributed by atoms with E-state index in [1.807, 2.05) is 24.3 Å². The van der Waals surface area contributed by atoms with Crippen molar-refractivity contribution in [2.24, 2.45) is 5.92 Å². The topological polar surface area (TPSA) is 50.4 Å². The number of hydrogen-bond donors (Lipinski definition) is 2. The van der Waals surface area contributed by atoms with Gasteiger partial charge in [0.25, 0.3) is 5.91 Å². The standard InChI is InChI=1S/C30H34N2O2/c1-21(2)14-16-31-20-23-6-11-28(12-7-23)32-30(33)26-15-17-34-29-13-10-25(18-27(29)19-26)24-8-4-22(3)5-9-24/h4-13,18-19,21,31H,14-17,20H2,1-3H3,(H,32,33). The number of carbonyl (C=O) groups is 1. The molecule has 0 unspecified atom stereocenters. The summed E-state index contributed by atoms with van der Waals surface area (Å²) in [5.41, 5.74) is 7.16. The summed E-state index contributed by atoms with van der Waals surface area (Å²) in [6.07, 6.45) is 3.70. The lowest BCUT2D eigenvalue weighted by Gasteiger charge is -2.10. The van der Waals surface area contributed by atoms with E-state index in [4.69, 9.17) is 4.74 Å². The van der Waals surface area contributed by atoms with Crippen LogP contribution in [0.2, 0.25) is 0 Å². The van der Waals surface area contributed by atoms with Gasteiger partial charge >= 0.3 is 0 Å². The van der Waals surface area contributed by atoms with E-state index in [1.54, 1.807) is 0 Å². The molecule has 0 saturated heterocycles. The molecule has 0 saturated carbocycles. The highest BCUT2D eigenvalue weighted by atomic mass is 16.5. The van der Waals surface area contributed by atoms with Gasteiger partial charge in [-0.15, -0.1) is 0 Å². The minimum atomic E-state index is -0.0833. The highest BCUT2D eigenvalue weighted by Gasteiger charge is 2.16. The van der Waals surface area contributed by atoms with Crippen LogP contribution in [0.1, 0.15) is 43.4 Å². The lowest BCUT2D eigenvalue weighted by molar-refractivity contribution is -0.113. The van der Waals surface area contributed by atoms with Gasteiger partial charge in [-0.1, -0.05) is 61.9 Å². The molecule has 4 rings (SSSR count). The van der Waals surface area contributed by atoms with Crippen LogP contribution in [0.5, 0.6) is 5.75 Å². The SMILES string of the molecule is Cc1ccc(-c2ccc3c(c2)C=C(C(=O)Nc2ccc(CNCCC(C)C)cc2)CCO3)cc1.